The van der Waals surface area contributed by atoms with Gasteiger partial charge in [0.15, 0.2) is 14.9 Å². The van der Waals surface area contributed by atoms with Gasteiger partial charge in [-0.25, -0.2) is 21.8 Å². The molecular weight excluding hydrogens is 404 g/mol. The van der Waals surface area contributed by atoms with Crippen molar-refractivity contribution in [2.45, 2.75) is 22.8 Å². The third-order valence-corrected chi connectivity index (χ3v) is 6.78. The lowest BCUT2D eigenvalue weighted by atomic mass is 9.99. The molecule has 1 fully saturated rings. The number of aromatic nitrogens is 1. The number of hydrogen-bond acceptors (Lipinski definition) is 7. The fourth-order valence-electron chi connectivity index (χ4n) is 2.60. The molecule has 0 radical (unpaired) electrons. The second-order valence-corrected chi connectivity index (χ2v) is 9.79. The van der Waals surface area contributed by atoms with Crippen LogP contribution in [-0.2, 0) is 24.7 Å². The molecule has 1 atom stereocenters. The minimum absolute atomic E-state index is 0. The van der Waals surface area contributed by atoms with E-state index in [1.165, 1.54) is 10.4 Å². The highest BCUT2D eigenvalue weighted by Gasteiger charge is 2.33. The molecule has 3 N–H and O–H groups in total. The van der Waals surface area contributed by atoms with Crippen molar-refractivity contribution in [2.75, 3.05) is 32.4 Å². The summed E-state index contributed by atoms with van der Waals surface area (Å²) in [6, 6.07) is 2.38. The van der Waals surface area contributed by atoms with Gasteiger partial charge in [0.05, 0.1) is 5.92 Å². The van der Waals surface area contributed by atoms with Crippen LogP contribution in [0, 0.1) is 5.92 Å². The number of hydrogen-bond donors (Lipinski definition) is 2. The summed E-state index contributed by atoms with van der Waals surface area (Å²) in [6.07, 6.45) is 3.20. The van der Waals surface area contributed by atoms with Crippen LogP contribution >= 0.6 is 12.4 Å². The summed E-state index contributed by atoms with van der Waals surface area (Å²) in [5, 5.41) is 2.48. The van der Waals surface area contributed by atoms with Crippen LogP contribution in [0.15, 0.2) is 28.3 Å². The number of nitrogens with two attached hydrogens (primary N) is 1. The molecule has 0 spiro atoms. The van der Waals surface area contributed by atoms with Crippen LogP contribution in [-0.4, -0.2) is 64.5 Å². The number of nitrogens with zero attached hydrogens (tertiary/aromatic N) is 2. The van der Waals surface area contributed by atoms with Crippen molar-refractivity contribution in [1.82, 2.24) is 14.6 Å². The lowest BCUT2D eigenvalue weighted by Crippen LogP contribution is -2.46. The maximum Gasteiger partial charge on any atom is 0.244 e. The normalized spacial score (nSPS) is 18.8. The van der Waals surface area contributed by atoms with Crippen LogP contribution in [0.25, 0.3) is 0 Å². The third kappa shape index (κ3) is 5.36. The van der Waals surface area contributed by atoms with E-state index < -0.39 is 25.8 Å². The average molecular weight is 427 g/mol. The molecule has 26 heavy (non-hydrogen) atoms. The molecular formula is C14H23ClN4O5S2. The zero-order valence-corrected chi connectivity index (χ0v) is 16.7. The molecule has 1 saturated heterocycles. The van der Waals surface area contributed by atoms with Crippen LogP contribution in [0.3, 0.4) is 0 Å². The van der Waals surface area contributed by atoms with Crippen LogP contribution < -0.4 is 11.1 Å². The fraction of sp³-hybridized carbons (Fsp3) is 0.571. The summed E-state index contributed by atoms with van der Waals surface area (Å²) in [6.45, 7) is 1.04. The molecule has 0 bridgehead atoms. The van der Waals surface area contributed by atoms with Crippen LogP contribution in [0.4, 0.5) is 0 Å². The minimum Gasteiger partial charge on any atom is -0.355 e. The fourth-order valence-corrected chi connectivity index (χ4v) is 4.63. The highest BCUT2D eigenvalue weighted by atomic mass is 35.5. The number of rotatable bonds is 6. The standard InChI is InChI=1S/C14H22N4O5S2.ClH/c1-24(20,21)13-5-4-12(9-17-13)25(22,23)18-8-2-3-11(10-18)14(19)16-7-6-15;/h4-5,9,11H,2-3,6-8,10,15H2,1H3,(H,16,19);1H. The van der Waals surface area contributed by atoms with E-state index in [2.05, 4.69) is 10.3 Å². The molecule has 1 amide bonds. The first-order valence-corrected chi connectivity index (χ1v) is 11.1. The van der Waals surface area contributed by atoms with Crippen molar-refractivity contribution < 1.29 is 21.6 Å². The Kier molecular flexibility index (Phi) is 7.96. The van der Waals surface area contributed by atoms with E-state index >= 15 is 0 Å². The van der Waals surface area contributed by atoms with Crippen LogP contribution in [0.1, 0.15) is 12.8 Å². The van der Waals surface area contributed by atoms with Crippen molar-refractivity contribution in [2.24, 2.45) is 11.7 Å². The maximum atomic E-state index is 12.7. The quantitative estimate of drug-likeness (QED) is 0.617. The molecule has 9 nitrogen and oxygen atoms in total. The van der Waals surface area contributed by atoms with E-state index in [4.69, 9.17) is 5.73 Å². The second-order valence-electron chi connectivity index (χ2n) is 5.89. The first-order valence-electron chi connectivity index (χ1n) is 7.80. The van der Waals surface area contributed by atoms with Crippen molar-refractivity contribution in [3.63, 3.8) is 0 Å². The monoisotopic (exact) mass is 426 g/mol. The molecule has 1 aliphatic rings. The summed E-state index contributed by atoms with van der Waals surface area (Å²) in [5.74, 6) is -0.644. The van der Waals surface area contributed by atoms with Crippen LogP contribution in [0.5, 0.6) is 0 Å². The first kappa shape index (κ1) is 22.8. The van der Waals surface area contributed by atoms with Gasteiger partial charge in [-0.2, -0.15) is 4.31 Å². The number of halogens is 1. The molecule has 2 heterocycles. The minimum atomic E-state index is -3.84. The lowest BCUT2D eigenvalue weighted by Gasteiger charge is -2.31. The molecule has 1 unspecified atom stereocenters. The second kappa shape index (κ2) is 9.09. The van der Waals surface area contributed by atoms with Gasteiger partial charge in [0.1, 0.15) is 4.90 Å². The van der Waals surface area contributed by atoms with Crippen LogP contribution in [0.2, 0.25) is 0 Å². The van der Waals surface area contributed by atoms with Gasteiger partial charge in [-0.1, -0.05) is 0 Å². The molecule has 0 saturated carbocycles. The number of nitrogens with one attached hydrogen (secondary N) is 1. The van der Waals surface area contributed by atoms with Gasteiger partial charge in [0.25, 0.3) is 0 Å². The van der Waals surface area contributed by atoms with Gasteiger partial charge in [0, 0.05) is 38.6 Å². The summed E-state index contributed by atoms with van der Waals surface area (Å²) >= 11 is 0. The van der Waals surface area contributed by atoms with Gasteiger partial charge >= 0.3 is 0 Å². The number of piperidine rings is 1. The molecule has 1 aromatic heterocycles. The summed E-state index contributed by atoms with van der Waals surface area (Å²) < 4.78 is 49.5. The van der Waals surface area contributed by atoms with Gasteiger partial charge in [0.2, 0.25) is 15.9 Å². The Labute approximate surface area is 159 Å². The number of carbonyl (C=O) groups is 1. The predicted molar refractivity (Wildman–Crippen MR) is 98.1 cm³/mol. The Bertz CT molecular complexity index is 827. The number of sulfonamides is 1. The van der Waals surface area contributed by atoms with E-state index in [1.807, 2.05) is 0 Å². The largest absolute Gasteiger partial charge is 0.355 e. The molecule has 0 aromatic carbocycles. The predicted octanol–water partition coefficient (Wildman–Crippen LogP) is -0.617. The average Bonchev–Trinajstić information content (AvgIpc) is 2.59. The van der Waals surface area contributed by atoms with Gasteiger partial charge in [-0.05, 0) is 25.0 Å². The molecule has 0 aliphatic carbocycles. The van der Waals surface area contributed by atoms with Crippen molar-refractivity contribution in [1.29, 1.82) is 0 Å². The van der Waals surface area contributed by atoms with Gasteiger partial charge in [-0.3, -0.25) is 4.79 Å². The molecule has 12 heteroatoms. The first-order chi connectivity index (χ1) is 11.7. The number of amides is 1. The zero-order valence-electron chi connectivity index (χ0n) is 14.3. The van der Waals surface area contributed by atoms with Gasteiger partial charge < -0.3 is 11.1 Å². The Morgan fingerprint density at radius 3 is 2.58 bits per heavy atom. The summed E-state index contributed by atoms with van der Waals surface area (Å²) in [5.41, 5.74) is 5.35. The Morgan fingerprint density at radius 1 is 1.35 bits per heavy atom. The summed E-state index contributed by atoms with van der Waals surface area (Å²) in [7, 11) is -7.34. The molecule has 2 rings (SSSR count). The topological polar surface area (TPSA) is 140 Å². The maximum absolute atomic E-state index is 12.7. The van der Waals surface area contributed by atoms with Crippen molar-refractivity contribution in [3.8, 4) is 0 Å². The molecule has 1 aromatic rings. The smallest absolute Gasteiger partial charge is 0.244 e. The Hall–Kier alpha value is -1.27. The number of sulfone groups is 1. The van der Waals surface area contributed by atoms with Crippen molar-refractivity contribution >= 4 is 38.2 Å². The molecule has 1 aliphatic heterocycles. The van der Waals surface area contributed by atoms with Gasteiger partial charge in [-0.15, -0.1) is 12.4 Å². The highest BCUT2D eigenvalue weighted by molar-refractivity contribution is 7.90. The third-order valence-electron chi connectivity index (χ3n) is 3.93. The number of carbonyl (C=O) groups excluding carboxylic acids is 1. The lowest BCUT2D eigenvalue weighted by molar-refractivity contribution is -0.126. The van der Waals surface area contributed by atoms with E-state index in [0.29, 0.717) is 32.5 Å². The SMILES string of the molecule is CS(=O)(=O)c1ccc(S(=O)(=O)N2CCCC(C(=O)NCCN)C2)cn1.Cl. The zero-order chi connectivity index (χ0) is 18.7. The summed E-state index contributed by atoms with van der Waals surface area (Å²) in [4.78, 5) is 15.7. The molecule has 148 valence electrons. The van der Waals surface area contributed by atoms with E-state index in [1.54, 1.807) is 0 Å². The number of pyridine rings is 1. The van der Waals surface area contributed by atoms with E-state index in [0.717, 1.165) is 18.5 Å². The van der Waals surface area contributed by atoms with E-state index in [9.17, 15) is 21.6 Å². The highest BCUT2D eigenvalue weighted by Crippen LogP contribution is 2.24. The van der Waals surface area contributed by atoms with Crippen molar-refractivity contribution in [3.05, 3.63) is 18.3 Å². The Morgan fingerprint density at radius 2 is 2.04 bits per heavy atom. The Balaban J connectivity index is 0.00000338. The van der Waals surface area contributed by atoms with E-state index in [-0.39, 0.29) is 34.8 Å².